The second kappa shape index (κ2) is 5.43. The van der Waals surface area contributed by atoms with Crippen molar-refractivity contribution >= 4 is 27.3 Å². The van der Waals surface area contributed by atoms with Gasteiger partial charge in [0.05, 0.1) is 5.69 Å². The maximum Gasteiger partial charge on any atom is 0.185 e. The molecular formula is C14H16N2OS2. The van der Waals surface area contributed by atoms with E-state index in [1.807, 2.05) is 18.2 Å². The van der Waals surface area contributed by atoms with E-state index in [0.717, 1.165) is 34.3 Å². The number of nitrogens with zero attached hydrogens (tertiary/aromatic N) is 2. The van der Waals surface area contributed by atoms with Crippen molar-refractivity contribution in [2.45, 2.75) is 12.5 Å². The van der Waals surface area contributed by atoms with Crippen LogP contribution in [0.3, 0.4) is 0 Å². The van der Waals surface area contributed by atoms with Crippen LogP contribution in [0.25, 0.3) is 11.3 Å². The molecule has 0 spiro atoms. The lowest BCUT2D eigenvalue weighted by atomic mass is 10.2. The minimum atomic E-state index is -0.641. The Hall–Kier alpha value is -1.20. The molecule has 2 atom stereocenters. The molecular weight excluding hydrogens is 276 g/mol. The normalized spacial score (nSPS) is 22.6. The number of aromatic nitrogens is 1. The Kier molecular flexibility index (Phi) is 3.66. The smallest absolute Gasteiger partial charge is 0.185 e. The molecule has 1 aliphatic rings. The minimum Gasteiger partial charge on any atom is -0.347 e. The van der Waals surface area contributed by atoms with Crippen LogP contribution in [0.2, 0.25) is 0 Å². The number of hydrogen-bond acceptors (Lipinski definition) is 4. The van der Waals surface area contributed by atoms with Crippen LogP contribution in [0.15, 0.2) is 35.7 Å². The van der Waals surface area contributed by atoms with E-state index in [2.05, 4.69) is 29.5 Å². The number of rotatable bonds is 3. The van der Waals surface area contributed by atoms with Gasteiger partial charge >= 0.3 is 0 Å². The third kappa shape index (κ3) is 2.72. The molecule has 1 aromatic carbocycles. The zero-order valence-electron chi connectivity index (χ0n) is 10.8. The van der Waals surface area contributed by atoms with Gasteiger partial charge in [0.2, 0.25) is 0 Å². The molecule has 0 aliphatic carbocycles. The van der Waals surface area contributed by atoms with Gasteiger partial charge in [-0.05, 0) is 6.42 Å². The molecule has 1 saturated heterocycles. The molecule has 5 heteroatoms. The number of hydrogen-bond donors (Lipinski definition) is 0. The largest absolute Gasteiger partial charge is 0.347 e. The maximum absolute atomic E-state index is 11.5. The zero-order chi connectivity index (χ0) is 13.2. The van der Waals surface area contributed by atoms with Crippen molar-refractivity contribution in [3.63, 3.8) is 0 Å². The van der Waals surface area contributed by atoms with Crippen LogP contribution in [0.4, 0.5) is 5.13 Å². The lowest BCUT2D eigenvalue weighted by Crippen LogP contribution is -2.31. The van der Waals surface area contributed by atoms with Crippen molar-refractivity contribution in [2.24, 2.45) is 0 Å². The maximum atomic E-state index is 11.5. The summed E-state index contributed by atoms with van der Waals surface area (Å²) in [7, 11) is 1.42. The molecule has 0 radical (unpaired) electrons. The Bertz CT molecular complexity index is 582. The van der Waals surface area contributed by atoms with E-state index in [0.29, 0.717) is 6.04 Å². The molecule has 0 saturated carbocycles. The molecule has 0 bridgehead atoms. The van der Waals surface area contributed by atoms with Crippen molar-refractivity contribution in [3.8, 4) is 11.3 Å². The predicted molar refractivity (Wildman–Crippen MR) is 82.2 cm³/mol. The van der Waals surface area contributed by atoms with Crippen LogP contribution < -0.4 is 4.90 Å². The molecule has 3 nitrogen and oxygen atoms in total. The van der Waals surface area contributed by atoms with E-state index in [1.54, 1.807) is 11.3 Å². The Morgan fingerprint density at radius 1 is 1.37 bits per heavy atom. The lowest BCUT2D eigenvalue weighted by Gasteiger charge is -2.22. The van der Waals surface area contributed by atoms with Gasteiger partial charge in [-0.2, -0.15) is 0 Å². The van der Waals surface area contributed by atoms with Crippen LogP contribution in [-0.2, 0) is 10.8 Å². The highest BCUT2D eigenvalue weighted by atomic mass is 32.2. The van der Waals surface area contributed by atoms with E-state index in [-0.39, 0.29) is 0 Å². The van der Waals surface area contributed by atoms with E-state index in [9.17, 15) is 4.21 Å². The number of benzene rings is 1. The monoisotopic (exact) mass is 292 g/mol. The summed E-state index contributed by atoms with van der Waals surface area (Å²) < 4.78 is 11.5. The molecule has 0 amide bonds. The molecule has 2 unspecified atom stereocenters. The highest BCUT2D eigenvalue weighted by Gasteiger charge is 2.26. The van der Waals surface area contributed by atoms with Crippen molar-refractivity contribution < 1.29 is 4.21 Å². The SMILES string of the molecule is CN(c1nc(-c2ccccc2)cs1)C1CCS(=O)C1. The third-order valence-electron chi connectivity index (χ3n) is 3.47. The Balaban J connectivity index is 1.80. The molecule has 1 fully saturated rings. The molecule has 100 valence electrons. The standard InChI is InChI=1S/C14H16N2OS2/c1-16(12-7-8-19(17)10-12)14-15-13(9-18-14)11-5-3-2-4-6-11/h2-6,9,12H,7-8,10H2,1H3. The fraction of sp³-hybridized carbons (Fsp3) is 0.357. The Labute approximate surface area is 119 Å². The van der Waals surface area contributed by atoms with Gasteiger partial charge in [-0.1, -0.05) is 30.3 Å². The first-order valence-electron chi connectivity index (χ1n) is 6.33. The van der Waals surface area contributed by atoms with Crippen LogP contribution in [0.1, 0.15) is 6.42 Å². The summed E-state index contributed by atoms with van der Waals surface area (Å²) >= 11 is 1.66. The number of thiazole rings is 1. The van der Waals surface area contributed by atoms with Gasteiger partial charge < -0.3 is 4.90 Å². The molecule has 1 aliphatic heterocycles. The first-order valence-corrected chi connectivity index (χ1v) is 8.69. The van der Waals surface area contributed by atoms with Crippen molar-refractivity contribution in [3.05, 3.63) is 35.7 Å². The van der Waals surface area contributed by atoms with Crippen LogP contribution >= 0.6 is 11.3 Å². The summed E-state index contributed by atoms with van der Waals surface area (Å²) in [6.07, 6.45) is 1.00. The third-order valence-corrected chi connectivity index (χ3v) is 5.85. The summed E-state index contributed by atoms with van der Waals surface area (Å²) in [6, 6.07) is 10.6. The van der Waals surface area contributed by atoms with E-state index in [1.165, 1.54) is 0 Å². The van der Waals surface area contributed by atoms with Crippen molar-refractivity contribution in [1.29, 1.82) is 0 Å². The average Bonchev–Trinajstić information content (AvgIpc) is 3.08. The van der Waals surface area contributed by atoms with Gasteiger partial charge in [0.15, 0.2) is 5.13 Å². The second-order valence-electron chi connectivity index (χ2n) is 4.75. The van der Waals surface area contributed by atoms with Crippen molar-refractivity contribution in [1.82, 2.24) is 4.98 Å². The van der Waals surface area contributed by atoms with Crippen LogP contribution in [0.5, 0.6) is 0 Å². The first-order chi connectivity index (χ1) is 9.24. The van der Waals surface area contributed by atoms with Gasteiger partial charge in [0.25, 0.3) is 0 Å². The summed E-state index contributed by atoms with van der Waals surface area (Å²) in [4.78, 5) is 6.88. The molecule has 2 aromatic rings. The summed E-state index contributed by atoms with van der Waals surface area (Å²) in [5.74, 6) is 1.60. The highest BCUT2D eigenvalue weighted by molar-refractivity contribution is 7.85. The van der Waals surface area contributed by atoms with E-state index >= 15 is 0 Å². The van der Waals surface area contributed by atoms with Gasteiger partial charge in [0, 0.05) is 46.3 Å². The average molecular weight is 292 g/mol. The summed E-state index contributed by atoms with van der Waals surface area (Å²) in [5, 5.41) is 3.11. The zero-order valence-corrected chi connectivity index (χ0v) is 12.4. The second-order valence-corrected chi connectivity index (χ2v) is 7.20. The molecule has 3 rings (SSSR count). The predicted octanol–water partition coefficient (Wildman–Crippen LogP) is 2.77. The van der Waals surface area contributed by atoms with Gasteiger partial charge in [-0.15, -0.1) is 11.3 Å². The fourth-order valence-electron chi connectivity index (χ4n) is 2.28. The van der Waals surface area contributed by atoms with E-state index in [4.69, 9.17) is 4.98 Å². The van der Waals surface area contributed by atoms with Crippen LogP contribution in [-0.4, -0.2) is 33.8 Å². The fourth-order valence-corrected chi connectivity index (χ4v) is 4.67. The van der Waals surface area contributed by atoms with E-state index < -0.39 is 10.8 Å². The molecule has 2 heterocycles. The molecule has 1 aromatic heterocycles. The van der Waals surface area contributed by atoms with Crippen molar-refractivity contribution in [2.75, 3.05) is 23.5 Å². The highest BCUT2D eigenvalue weighted by Crippen LogP contribution is 2.29. The Morgan fingerprint density at radius 2 is 2.16 bits per heavy atom. The topological polar surface area (TPSA) is 33.2 Å². The quantitative estimate of drug-likeness (QED) is 0.872. The van der Waals surface area contributed by atoms with Gasteiger partial charge in [-0.25, -0.2) is 4.98 Å². The molecule has 0 N–H and O–H groups in total. The van der Waals surface area contributed by atoms with Gasteiger partial charge in [0.1, 0.15) is 0 Å². The number of anilines is 1. The Morgan fingerprint density at radius 3 is 2.84 bits per heavy atom. The molecule has 19 heavy (non-hydrogen) atoms. The summed E-state index contributed by atoms with van der Waals surface area (Å²) in [5.41, 5.74) is 2.17. The van der Waals surface area contributed by atoms with Crippen LogP contribution in [0, 0.1) is 0 Å². The summed E-state index contributed by atoms with van der Waals surface area (Å²) in [6.45, 7) is 0. The minimum absolute atomic E-state index is 0.371. The van der Waals surface area contributed by atoms with Gasteiger partial charge in [-0.3, -0.25) is 4.21 Å². The first kappa shape index (κ1) is 12.8. The lowest BCUT2D eigenvalue weighted by molar-refractivity contribution is 0.682.